The van der Waals surface area contributed by atoms with Gasteiger partial charge in [-0.1, -0.05) is 41.4 Å². The van der Waals surface area contributed by atoms with Crippen LogP contribution >= 0.6 is 23.2 Å². The normalized spacial score (nSPS) is 18.7. The third kappa shape index (κ3) is 3.18. The lowest BCUT2D eigenvalue weighted by Gasteiger charge is -2.30. The molecule has 2 aromatic rings. The second-order valence-electron chi connectivity index (χ2n) is 5.39. The van der Waals surface area contributed by atoms with E-state index in [1.54, 1.807) is 6.07 Å². The van der Waals surface area contributed by atoms with Gasteiger partial charge in [-0.3, -0.25) is 0 Å². The molecule has 21 heavy (non-hydrogen) atoms. The van der Waals surface area contributed by atoms with Crippen LogP contribution in [0.25, 0.3) is 0 Å². The molecule has 2 atom stereocenters. The fourth-order valence-corrected chi connectivity index (χ4v) is 3.30. The molecule has 2 N–H and O–H groups in total. The molecule has 4 heteroatoms. The number of ether oxygens (including phenoxy) is 1. The smallest absolute Gasteiger partial charge is 0.122 e. The van der Waals surface area contributed by atoms with Crippen molar-refractivity contribution in [1.29, 1.82) is 0 Å². The zero-order valence-electron chi connectivity index (χ0n) is 11.6. The van der Waals surface area contributed by atoms with E-state index < -0.39 is 0 Å². The van der Waals surface area contributed by atoms with Crippen molar-refractivity contribution in [2.24, 2.45) is 5.73 Å². The molecule has 0 saturated heterocycles. The third-order valence-corrected chi connectivity index (χ3v) is 4.59. The molecule has 0 spiro atoms. The molecular weight excluding hydrogens is 305 g/mol. The van der Waals surface area contributed by atoms with Crippen molar-refractivity contribution in [2.75, 3.05) is 6.61 Å². The highest BCUT2D eigenvalue weighted by Crippen LogP contribution is 2.36. The first-order valence-electron chi connectivity index (χ1n) is 7.06. The summed E-state index contributed by atoms with van der Waals surface area (Å²) in [5, 5.41) is 1.41. The van der Waals surface area contributed by atoms with Crippen LogP contribution < -0.4 is 10.5 Å². The van der Waals surface area contributed by atoms with Gasteiger partial charge in [0.05, 0.1) is 6.61 Å². The van der Waals surface area contributed by atoms with Crippen LogP contribution in [0.2, 0.25) is 10.0 Å². The maximum absolute atomic E-state index is 6.46. The van der Waals surface area contributed by atoms with Crippen molar-refractivity contribution in [3.63, 3.8) is 0 Å². The minimum absolute atomic E-state index is 0.00832. The highest BCUT2D eigenvalue weighted by molar-refractivity contribution is 6.33. The van der Waals surface area contributed by atoms with Gasteiger partial charge in [0.15, 0.2) is 0 Å². The number of fused-ring (bicyclic) bond motifs is 1. The summed E-state index contributed by atoms with van der Waals surface area (Å²) in [6.45, 7) is 0.707. The van der Waals surface area contributed by atoms with E-state index in [9.17, 15) is 0 Å². The second-order valence-corrected chi connectivity index (χ2v) is 6.23. The van der Waals surface area contributed by atoms with Gasteiger partial charge in [-0.15, -0.1) is 0 Å². The number of hydrogen-bond acceptors (Lipinski definition) is 2. The topological polar surface area (TPSA) is 35.2 Å². The van der Waals surface area contributed by atoms with Gasteiger partial charge >= 0.3 is 0 Å². The zero-order chi connectivity index (χ0) is 14.8. The van der Waals surface area contributed by atoms with Gasteiger partial charge in [0.1, 0.15) is 5.75 Å². The van der Waals surface area contributed by atoms with E-state index in [-0.39, 0.29) is 12.0 Å². The molecule has 0 bridgehead atoms. The van der Waals surface area contributed by atoms with E-state index in [0.717, 1.165) is 22.8 Å². The Bertz CT molecular complexity index is 644. The van der Waals surface area contributed by atoms with Crippen molar-refractivity contribution < 1.29 is 4.74 Å². The molecule has 1 aliphatic rings. The molecule has 1 aliphatic heterocycles. The summed E-state index contributed by atoms with van der Waals surface area (Å²) in [5.41, 5.74) is 8.65. The Morgan fingerprint density at radius 3 is 2.86 bits per heavy atom. The van der Waals surface area contributed by atoms with Crippen molar-refractivity contribution >= 4 is 23.2 Å². The highest BCUT2D eigenvalue weighted by Gasteiger charge is 2.27. The van der Waals surface area contributed by atoms with Crippen molar-refractivity contribution in [3.8, 4) is 5.75 Å². The Kier molecular flexibility index (Phi) is 4.39. The molecule has 0 amide bonds. The highest BCUT2D eigenvalue weighted by atomic mass is 35.5. The molecule has 1 heterocycles. The number of para-hydroxylation sites is 1. The van der Waals surface area contributed by atoms with Crippen molar-refractivity contribution in [3.05, 3.63) is 63.6 Å². The van der Waals surface area contributed by atoms with Crippen molar-refractivity contribution in [2.45, 2.75) is 24.8 Å². The Labute approximate surface area is 134 Å². The Morgan fingerprint density at radius 2 is 2.00 bits per heavy atom. The molecule has 2 unspecified atom stereocenters. The monoisotopic (exact) mass is 321 g/mol. The lowest BCUT2D eigenvalue weighted by molar-refractivity contribution is 0.254. The summed E-state index contributed by atoms with van der Waals surface area (Å²) in [4.78, 5) is 0. The van der Waals surface area contributed by atoms with E-state index in [1.165, 1.54) is 5.56 Å². The minimum atomic E-state index is -0.00832. The lowest BCUT2D eigenvalue weighted by atomic mass is 9.84. The average molecular weight is 322 g/mol. The molecule has 0 saturated carbocycles. The molecular formula is C17H17Cl2NO. The van der Waals surface area contributed by atoms with E-state index in [4.69, 9.17) is 33.7 Å². The predicted molar refractivity (Wildman–Crippen MR) is 87.4 cm³/mol. The van der Waals surface area contributed by atoms with Gasteiger partial charge < -0.3 is 10.5 Å². The van der Waals surface area contributed by atoms with E-state index in [0.29, 0.717) is 18.1 Å². The lowest BCUT2D eigenvalue weighted by Crippen LogP contribution is -2.34. The first kappa shape index (κ1) is 14.7. The molecule has 0 aromatic heterocycles. The fourth-order valence-electron chi connectivity index (χ4n) is 2.91. The largest absolute Gasteiger partial charge is 0.493 e. The van der Waals surface area contributed by atoms with Gasteiger partial charge in [-0.05, 0) is 48.2 Å². The number of benzene rings is 2. The summed E-state index contributed by atoms with van der Waals surface area (Å²) < 4.78 is 5.69. The summed E-state index contributed by atoms with van der Waals surface area (Å²) >= 11 is 12.3. The molecule has 3 rings (SSSR count). The van der Waals surface area contributed by atoms with Gasteiger partial charge in [0, 0.05) is 22.0 Å². The fraction of sp³-hybridized carbons (Fsp3) is 0.294. The van der Waals surface area contributed by atoms with Gasteiger partial charge in [-0.25, -0.2) is 0 Å². The van der Waals surface area contributed by atoms with Crippen molar-refractivity contribution in [1.82, 2.24) is 0 Å². The Morgan fingerprint density at radius 1 is 1.19 bits per heavy atom. The van der Waals surface area contributed by atoms with E-state index in [2.05, 4.69) is 6.07 Å². The molecule has 2 nitrogen and oxygen atoms in total. The van der Waals surface area contributed by atoms with Crippen LogP contribution in [0.3, 0.4) is 0 Å². The average Bonchev–Trinajstić information content (AvgIpc) is 2.50. The van der Waals surface area contributed by atoms with Gasteiger partial charge in [-0.2, -0.15) is 0 Å². The maximum Gasteiger partial charge on any atom is 0.122 e. The van der Waals surface area contributed by atoms with Gasteiger partial charge in [0.2, 0.25) is 0 Å². The van der Waals surface area contributed by atoms with Crippen LogP contribution in [0.4, 0.5) is 0 Å². The summed E-state index contributed by atoms with van der Waals surface area (Å²) in [7, 11) is 0. The van der Waals surface area contributed by atoms with Crippen LogP contribution in [0, 0.1) is 0 Å². The number of hydrogen-bond donors (Lipinski definition) is 1. The summed E-state index contributed by atoms with van der Waals surface area (Å²) in [5.74, 6) is 1.23. The first-order valence-corrected chi connectivity index (χ1v) is 7.82. The Balaban J connectivity index is 1.83. The number of rotatable bonds is 3. The van der Waals surface area contributed by atoms with E-state index >= 15 is 0 Å². The SMILES string of the molecule is NC(Cc1cc(Cl)ccc1Cl)C1CCOc2ccccc21. The van der Waals surface area contributed by atoms with Crippen LogP contribution in [0.1, 0.15) is 23.5 Å². The number of nitrogens with two attached hydrogens (primary N) is 1. The molecule has 0 radical (unpaired) electrons. The second kappa shape index (κ2) is 6.27. The summed E-state index contributed by atoms with van der Waals surface area (Å²) in [6, 6.07) is 13.6. The van der Waals surface area contributed by atoms with Gasteiger partial charge in [0.25, 0.3) is 0 Å². The maximum atomic E-state index is 6.46. The predicted octanol–water partition coefficient (Wildman–Crippen LogP) is 4.43. The number of halogens is 2. The quantitative estimate of drug-likeness (QED) is 0.907. The zero-order valence-corrected chi connectivity index (χ0v) is 13.1. The minimum Gasteiger partial charge on any atom is -0.493 e. The standard InChI is InChI=1S/C17H17Cl2NO/c18-12-5-6-15(19)11(9-12)10-16(20)13-7-8-21-17-4-2-1-3-14(13)17/h1-6,9,13,16H,7-8,10,20H2. The van der Waals surface area contributed by atoms with Crippen LogP contribution in [0.15, 0.2) is 42.5 Å². The molecule has 0 fully saturated rings. The van der Waals surface area contributed by atoms with Crippen LogP contribution in [-0.2, 0) is 6.42 Å². The summed E-state index contributed by atoms with van der Waals surface area (Å²) in [6.07, 6.45) is 1.63. The molecule has 110 valence electrons. The van der Waals surface area contributed by atoms with Crippen LogP contribution in [0.5, 0.6) is 5.75 Å². The first-order chi connectivity index (χ1) is 10.1. The molecule has 2 aromatic carbocycles. The Hall–Kier alpha value is -1.22. The van der Waals surface area contributed by atoms with E-state index in [1.807, 2.05) is 30.3 Å². The van der Waals surface area contributed by atoms with Crippen LogP contribution in [-0.4, -0.2) is 12.6 Å². The molecule has 0 aliphatic carbocycles. The third-order valence-electron chi connectivity index (χ3n) is 3.99.